The van der Waals surface area contributed by atoms with E-state index in [0.717, 1.165) is 23.3 Å². The number of likely N-dealkylation sites (tertiary alicyclic amines) is 1. The monoisotopic (exact) mass is 433 g/mol. The van der Waals surface area contributed by atoms with Crippen LogP contribution in [0.15, 0.2) is 72.8 Å². The quantitative estimate of drug-likeness (QED) is 0.531. The first kappa shape index (κ1) is 21.7. The van der Waals surface area contributed by atoms with Crippen LogP contribution in [0.25, 0.3) is 0 Å². The van der Waals surface area contributed by atoms with E-state index >= 15 is 0 Å². The summed E-state index contributed by atoms with van der Waals surface area (Å²) in [6.45, 7) is 0.672. The molecule has 4 rings (SSSR count). The van der Waals surface area contributed by atoms with Gasteiger partial charge in [-0.3, -0.25) is 9.69 Å². The van der Waals surface area contributed by atoms with Crippen molar-refractivity contribution >= 4 is 5.97 Å². The number of rotatable bonds is 8. The Morgan fingerprint density at radius 2 is 1.72 bits per heavy atom. The zero-order valence-corrected chi connectivity index (χ0v) is 18.2. The molecule has 3 aromatic rings. The Balaban J connectivity index is 1.80. The van der Waals surface area contributed by atoms with Crippen LogP contribution in [0.3, 0.4) is 0 Å². The lowest BCUT2D eigenvalue weighted by Gasteiger charge is -2.33. The molecule has 1 heterocycles. The summed E-state index contributed by atoms with van der Waals surface area (Å²) in [6.07, 6.45) is 1.43. The van der Waals surface area contributed by atoms with Gasteiger partial charge in [-0.15, -0.1) is 0 Å². The molecule has 2 atom stereocenters. The minimum Gasteiger partial charge on any atom is -0.497 e. The second kappa shape index (κ2) is 9.75. The third-order valence-electron chi connectivity index (χ3n) is 5.80. The van der Waals surface area contributed by atoms with Gasteiger partial charge in [0.15, 0.2) is 0 Å². The van der Waals surface area contributed by atoms with E-state index in [9.17, 15) is 9.90 Å². The van der Waals surface area contributed by atoms with Crippen molar-refractivity contribution in [2.45, 2.75) is 24.9 Å². The third kappa shape index (κ3) is 4.55. The largest absolute Gasteiger partial charge is 0.497 e. The van der Waals surface area contributed by atoms with Gasteiger partial charge in [-0.1, -0.05) is 30.3 Å². The summed E-state index contributed by atoms with van der Waals surface area (Å²) in [7, 11) is 3.24. The average molecular weight is 434 g/mol. The Hall–Kier alpha value is -3.51. The lowest BCUT2D eigenvalue weighted by Crippen LogP contribution is -2.39. The molecular formula is C26H27NO5. The molecule has 1 N–H and O–H groups in total. The third-order valence-corrected chi connectivity index (χ3v) is 5.80. The molecule has 6 heteroatoms. The number of carboxylic acid groups (broad SMARTS) is 1. The molecule has 0 radical (unpaired) electrons. The normalized spacial score (nSPS) is 17.0. The van der Waals surface area contributed by atoms with Crippen LogP contribution >= 0.6 is 0 Å². The number of methoxy groups -OCH3 is 2. The van der Waals surface area contributed by atoms with Crippen LogP contribution in [0.5, 0.6) is 23.0 Å². The molecule has 0 spiro atoms. The number of para-hydroxylation sites is 1. The summed E-state index contributed by atoms with van der Waals surface area (Å²) in [5.74, 6) is 1.98. The fraction of sp³-hybridized carbons (Fsp3) is 0.269. The number of nitrogens with zero attached hydrogens (tertiary/aromatic N) is 1. The van der Waals surface area contributed by atoms with E-state index in [1.165, 1.54) is 0 Å². The van der Waals surface area contributed by atoms with Gasteiger partial charge >= 0.3 is 5.97 Å². The Morgan fingerprint density at radius 1 is 0.938 bits per heavy atom. The van der Waals surface area contributed by atoms with Gasteiger partial charge in [0.1, 0.15) is 29.0 Å². The molecule has 2 unspecified atom stereocenters. The lowest BCUT2D eigenvalue weighted by atomic mass is 9.95. The van der Waals surface area contributed by atoms with Crippen molar-refractivity contribution in [3.8, 4) is 23.0 Å². The average Bonchev–Trinajstić information content (AvgIpc) is 3.30. The molecule has 1 aliphatic heterocycles. The SMILES string of the molecule is COc1ccc(OC)c(C(c2cccc(Oc3ccccc3)c2)N2CCCC2C(=O)O)c1. The van der Waals surface area contributed by atoms with Gasteiger partial charge in [-0.2, -0.15) is 0 Å². The van der Waals surface area contributed by atoms with Crippen LogP contribution in [0.1, 0.15) is 30.0 Å². The smallest absolute Gasteiger partial charge is 0.320 e. The predicted molar refractivity (Wildman–Crippen MR) is 122 cm³/mol. The maximum atomic E-state index is 12.0. The number of aliphatic carboxylic acids is 1. The van der Waals surface area contributed by atoms with Gasteiger partial charge in [0.05, 0.1) is 20.3 Å². The second-order valence-electron chi connectivity index (χ2n) is 7.73. The number of hydrogen-bond donors (Lipinski definition) is 1. The number of carbonyl (C=O) groups is 1. The number of hydrogen-bond acceptors (Lipinski definition) is 5. The van der Waals surface area contributed by atoms with Crippen LogP contribution in [0.4, 0.5) is 0 Å². The van der Waals surface area contributed by atoms with Crippen LogP contribution in [0.2, 0.25) is 0 Å². The molecule has 1 aliphatic rings. The summed E-state index contributed by atoms with van der Waals surface area (Å²) in [5.41, 5.74) is 1.79. The summed E-state index contributed by atoms with van der Waals surface area (Å²) in [4.78, 5) is 14.1. The molecular weight excluding hydrogens is 406 g/mol. The highest BCUT2D eigenvalue weighted by Crippen LogP contribution is 2.41. The molecule has 0 saturated carbocycles. The molecule has 0 amide bonds. The lowest BCUT2D eigenvalue weighted by molar-refractivity contribution is -0.142. The van der Waals surface area contributed by atoms with Gasteiger partial charge in [-0.05, 0) is 60.9 Å². The highest BCUT2D eigenvalue weighted by Gasteiger charge is 2.38. The van der Waals surface area contributed by atoms with Gasteiger partial charge in [0, 0.05) is 12.1 Å². The molecule has 1 saturated heterocycles. The molecule has 0 aliphatic carbocycles. The van der Waals surface area contributed by atoms with E-state index in [1.54, 1.807) is 14.2 Å². The zero-order chi connectivity index (χ0) is 22.5. The molecule has 1 fully saturated rings. The Labute approximate surface area is 188 Å². The Morgan fingerprint density at radius 3 is 2.44 bits per heavy atom. The molecule has 3 aromatic carbocycles. The van der Waals surface area contributed by atoms with Crippen molar-refractivity contribution in [1.82, 2.24) is 4.90 Å². The molecule has 0 aromatic heterocycles. The van der Waals surface area contributed by atoms with Crippen molar-refractivity contribution in [2.75, 3.05) is 20.8 Å². The molecule has 6 nitrogen and oxygen atoms in total. The molecule has 32 heavy (non-hydrogen) atoms. The first-order chi connectivity index (χ1) is 15.6. The summed E-state index contributed by atoms with van der Waals surface area (Å²) in [6, 6.07) is 22.1. The van der Waals surface area contributed by atoms with Gasteiger partial charge in [-0.25, -0.2) is 0 Å². The molecule has 0 bridgehead atoms. The van der Waals surface area contributed by atoms with Crippen molar-refractivity contribution in [1.29, 1.82) is 0 Å². The van der Waals surface area contributed by atoms with Crippen molar-refractivity contribution < 1.29 is 24.1 Å². The first-order valence-electron chi connectivity index (χ1n) is 10.6. The van der Waals surface area contributed by atoms with E-state index in [1.807, 2.05) is 77.7 Å². The van der Waals surface area contributed by atoms with Gasteiger partial charge in [0.2, 0.25) is 0 Å². The van der Waals surface area contributed by atoms with E-state index in [4.69, 9.17) is 14.2 Å². The standard InChI is InChI=1S/C26H27NO5/c1-30-20-13-14-24(31-2)22(17-20)25(27-15-7-12-23(27)26(28)29)18-8-6-11-21(16-18)32-19-9-4-3-5-10-19/h3-6,8-11,13-14,16-17,23,25H,7,12,15H2,1-2H3,(H,28,29). The highest BCUT2D eigenvalue weighted by molar-refractivity contribution is 5.74. The summed E-state index contributed by atoms with van der Waals surface area (Å²) >= 11 is 0. The first-order valence-corrected chi connectivity index (χ1v) is 10.6. The fourth-order valence-electron chi connectivity index (χ4n) is 4.34. The van der Waals surface area contributed by atoms with Gasteiger partial charge < -0.3 is 19.3 Å². The predicted octanol–water partition coefficient (Wildman–Crippen LogP) is 5.13. The van der Waals surface area contributed by atoms with E-state index < -0.39 is 12.0 Å². The minimum atomic E-state index is -0.814. The van der Waals surface area contributed by atoms with E-state index in [-0.39, 0.29) is 6.04 Å². The van der Waals surface area contributed by atoms with Crippen LogP contribution in [-0.2, 0) is 4.79 Å². The summed E-state index contributed by atoms with van der Waals surface area (Å²) < 4.78 is 17.2. The molecule has 166 valence electrons. The van der Waals surface area contributed by atoms with E-state index in [2.05, 4.69) is 0 Å². The summed E-state index contributed by atoms with van der Waals surface area (Å²) in [5, 5.41) is 9.88. The number of carboxylic acids is 1. The highest BCUT2D eigenvalue weighted by atomic mass is 16.5. The van der Waals surface area contributed by atoms with E-state index in [0.29, 0.717) is 30.2 Å². The van der Waals surface area contributed by atoms with Crippen LogP contribution in [-0.4, -0.2) is 42.8 Å². The topological polar surface area (TPSA) is 68.2 Å². The minimum absolute atomic E-state index is 0.331. The van der Waals surface area contributed by atoms with Crippen LogP contribution < -0.4 is 14.2 Å². The zero-order valence-electron chi connectivity index (χ0n) is 18.2. The number of ether oxygens (including phenoxy) is 3. The van der Waals surface area contributed by atoms with Crippen molar-refractivity contribution in [3.05, 3.63) is 83.9 Å². The Bertz CT molecular complexity index is 1070. The fourth-order valence-corrected chi connectivity index (χ4v) is 4.34. The maximum Gasteiger partial charge on any atom is 0.320 e. The maximum absolute atomic E-state index is 12.0. The second-order valence-corrected chi connectivity index (χ2v) is 7.73. The van der Waals surface area contributed by atoms with Crippen LogP contribution in [0, 0.1) is 0 Å². The Kier molecular flexibility index (Phi) is 6.61. The van der Waals surface area contributed by atoms with Gasteiger partial charge in [0.25, 0.3) is 0 Å². The van der Waals surface area contributed by atoms with Crippen molar-refractivity contribution in [2.24, 2.45) is 0 Å². The van der Waals surface area contributed by atoms with Crippen molar-refractivity contribution in [3.63, 3.8) is 0 Å². The number of benzene rings is 3.